The summed E-state index contributed by atoms with van der Waals surface area (Å²) >= 11 is 7.69. The van der Waals surface area contributed by atoms with E-state index >= 15 is 0 Å². The molecule has 178 valence electrons. The highest BCUT2D eigenvalue weighted by atomic mass is 35.5. The Morgan fingerprint density at radius 2 is 1.76 bits per heavy atom. The van der Waals surface area contributed by atoms with Crippen LogP contribution in [0.15, 0.2) is 47.4 Å². The highest BCUT2D eigenvalue weighted by molar-refractivity contribution is 7.92. The topological polar surface area (TPSA) is 102 Å². The molecular formula is C24H23ClN2O5S2. The molecule has 3 aromatic rings. The molecule has 2 aromatic carbocycles. The molecular weight excluding hydrogens is 496 g/mol. The molecule has 1 aliphatic carbocycles. The SMILES string of the molecule is COC(=O)c1c(NC(=O)c2ccc(NS(=O)(=O)c3ccc(C)cc3)c(Cl)c2)sc2c1CCCC2. The monoisotopic (exact) mass is 518 g/mol. The second-order valence-corrected chi connectivity index (χ2v) is 11.2. The minimum Gasteiger partial charge on any atom is -0.465 e. The molecule has 0 radical (unpaired) electrons. The fraction of sp³-hybridized carbons (Fsp3) is 0.250. The predicted octanol–water partition coefficient (Wildman–Crippen LogP) is 5.43. The molecule has 1 aromatic heterocycles. The Kier molecular flexibility index (Phi) is 6.97. The van der Waals surface area contributed by atoms with Crippen molar-refractivity contribution in [1.82, 2.24) is 0 Å². The third-order valence-corrected chi connectivity index (χ3v) is 8.50. The number of nitrogens with one attached hydrogen (secondary N) is 2. The van der Waals surface area contributed by atoms with E-state index in [0.29, 0.717) is 10.6 Å². The minimum atomic E-state index is -3.84. The summed E-state index contributed by atoms with van der Waals surface area (Å²) in [6, 6.07) is 10.7. The summed E-state index contributed by atoms with van der Waals surface area (Å²) in [5, 5.41) is 3.33. The number of hydrogen-bond acceptors (Lipinski definition) is 6. The Morgan fingerprint density at radius 1 is 1.06 bits per heavy atom. The molecule has 0 bridgehead atoms. The van der Waals surface area contributed by atoms with Crippen LogP contribution in [0.25, 0.3) is 0 Å². The van der Waals surface area contributed by atoms with Crippen molar-refractivity contribution >= 4 is 55.5 Å². The Morgan fingerprint density at radius 3 is 2.44 bits per heavy atom. The number of carbonyl (C=O) groups excluding carboxylic acids is 2. The average molecular weight is 519 g/mol. The van der Waals surface area contributed by atoms with Crippen LogP contribution < -0.4 is 10.0 Å². The standard InChI is InChI=1S/C24H23ClN2O5S2/c1-14-7-10-16(11-8-14)34(30,31)27-19-12-9-15(13-18(19)25)22(28)26-23-21(24(29)32-2)17-5-3-4-6-20(17)33-23/h7-13,27H,3-6H2,1-2H3,(H,26,28). The first-order valence-corrected chi connectivity index (χ1v) is 13.3. The summed E-state index contributed by atoms with van der Waals surface area (Å²) in [6.45, 7) is 1.87. The van der Waals surface area contributed by atoms with Gasteiger partial charge in [0.25, 0.3) is 15.9 Å². The van der Waals surface area contributed by atoms with Crippen molar-refractivity contribution in [2.24, 2.45) is 0 Å². The Bertz CT molecular complexity index is 1360. The molecule has 7 nitrogen and oxygen atoms in total. The van der Waals surface area contributed by atoms with Gasteiger partial charge in [0, 0.05) is 10.4 Å². The van der Waals surface area contributed by atoms with Crippen molar-refractivity contribution in [3.63, 3.8) is 0 Å². The van der Waals surface area contributed by atoms with Gasteiger partial charge in [-0.15, -0.1) is 11.3 Å². The number of hydrogen-bond donors (Lipinski definition) is 2. The lowest BCUT2D eigenvalue weighted by Gasteiger charge is -2.12. The van der Waals surface area contributed by atoms with Crippen LogP contribution in [-0.4, -0.2) is 27.4 Å². The molecule has 4 rings (SSSR count). The number of halogens is 1. The van der Waals surface area contributed by atoms with Crippen molar-refractivity contribution in [2.75, 3.05) is 17.1 Å². The van der Waals surface area contributed by atoms with Gasteiger partial charge in [-0.25, -0.2) is 13.2 Å². The van der Waals surface area contributed by atoms with Crippen LogP contribution in [0.1, 0.15) is 49.6 Å². The van der Waals surface area contributed by atoms with Crippen molar-refractivity contribution in [3.8, 4) is 0 Å². The van der Waals surface area contributed by atoms with Gasteiger partial charge < -0.3 is 10.1 Å². The average Bonchev–Trinajstić information content (AvgIpc) is 3.17. The van der Waals surface area contributed by atoms with Crippen LogP contribution in [0.4, 0.5) is 10.7 Å². The Labute approximate surface area is 207 Å². The molecule has 0 spiro atoms. The number of carbonyl (C=O) groups is 2. The number of amides is 1. The number of rotatable bonds is 6. The number of esters is 1. The number of ether oxygens (including phenoxy) is 1. The third kappa shape index (κ3) is 4.96. The highest BCUT2D eigenvalue weighted by Gasteiger charge is 2.27. The quantitative estimate of drug-likeness (QED) is 0.424. The van der Waals surface area contributed by atoms with Gasteiger partial charge in [0.1, 0.15) is 5.00 Å². The van der Waals surface area contributed by atoms with E-state index in [2.05, 4.69) is 10.0 Å². The maximum atomic E-state index is 12.9. The van der Waals surface area contributed by atoms with Crippen molar-refractivity contribution < 1.29 is 22.7 Å². The van der Waals surface area contributed by atoms with Gasteiger partial charge in [-0.05, 0) is 68.5 Å². The maximum absolute atomic E-state index is 12.9. The van der Waals surface area contributed by atoms with Crippen LogP contribution in [0.5, 0.6) is 0 Å². The van der Waals surface area contributed by atoms with Crippen molar-refractivity contribution in [1.29, 1.82) is 0 Å². The number of anilines is 2. The molecule has 1 amide bonds. The normalized spacial score (nSPS) is 13.1. The van der Waals surface area contributed by atoms with Crippen LogP contribution >= 0.6 is 22.9 Å². The number of methoxy groups -OCH3 is 1. The summed E-state index contributed by atoms with van der Waals surface area (Å²) in [4.78, 5) is 26.5. The van der Waals surface area contributed by atoms with E-state index in [1.807, 2.05) is 6.92 Å². The van der Waals surface area contributed by atoms with E-state index in [-0.39, 0.29) is 21.2 Å². The number of aryl methyl sites for hydroxylation is 2. The number of sulfonamides is 1. The summed E-state index contributed by atoms with van der Waals surface area (Å²) in [7, 11) is -2.52. The van der Waals surface area contributed by atoms with Crippen LogP contribution in [0.2, 0.25) is 5.02 Å². The first-order valence-electron chi connectivity index (χ1n) is 10.6. The molecule has 0 saturated carbocycles. The van der Waals surface area contributed by atoms with Gasteiger partial charge in [-0.1, -0.05) is 29.3 Å². The first kappa shape index (κ1) is 24.3. The largest absolute Gasteiger partial charge is 0.465 e. The minimum absolute atomic E-state index is 0.0713. The zero-order valence-corrected chi connectivity index (χ0v) is 21.0. The molecule has 1 heterocycles. The van der Waals surface area contributed by atoms with Gasteiger partial charge in [0.2, 0.25) is 0 Å². The van der Waals surface area contributed by atoms with Crippen molar-refractivity contribution in [3.05, 3.63) is 74.6 Å². The molecule has 34 heavy (non-hydrogen) atoms. The molecule has 0 unspecified atom stereocenters. The number of fused-ring (bicyclic) bond motifs is 1. The zero-order chi connectivity index (χ0) is 24.5. The third-order valence-electron chi connectivity index (χ3n) is 5.59. The van der Waals surface area contributed by atoms with Crippen LogP contribution in [0.3, 0.4) is 0 Å². The molecule has 0 saturated heterocycles. The first-order chi connectivity index (χ1) is 16.2. The van der Waals surface area contributed by atoms with Gasteiger partial charge in [0.05, 0.1) is 28.3 Å². The van der Waals surface area contributed by atoms with E-state index < -0.39 is 21.9 Å². The van der Waals surface area contributed by atoms with E-state index in [0.717, 1.165) is 41.7 Å². The second-order valence-electron chi connectivity index (χ2n) is 7.97. The van der Waals surface area contributed by atoms with Gasteiger partial charge >= 0.3 is 5.97 Å². The maximum Gasteiger partial charge on any atom is 0.341 e. The van der Waals surface area contributed by atoms with Crippen LogP contribution in [-0.2, 0) is 27.6 Å². The Hall–Kier alpha value is -2.88. The second kappa shape index (κ2) is 9.77. The highest BCUT2D eigenvalue weighted by Crippen LogP contribution is 2.39. The molecule has 0 atom stereocenters. The fourth-order valence-corrected chi connectivity index (χ4v) is 6.44. The summed E-state index contributed by atoms with van der Waals surface area (Å²) in [5.41, 5.74) is 2.67. The lowest BCUT2D eigenvalue weighted by molar-refractivity contribution is 0.0601. The van der Waals surface area contributed by atoms with Gasteiger partial charge in [0.15, 0.2) is 0 Å². The van der Waals surface area contributed by atoms with Crippen LogP contribution in [0, 0.1) is 6.92 Å². The summed E-state index contributed by atoms with van der Waals surface area (Å²) in [5.74, 6) is -0.938. The van der Waals surface area contributed by atoms with Gasteiger partial charge in [-0.3, -0.25) is 9.52 Å². The Balaban J connectivity index is 1.56. The zero-order valence-electron chi connectivity index (χ0n) is 18.6. The fourth-order valence-electron chi connectivity index (χ4n) is 3.81. The molecule has 0 fully saturated rings. The molecule has 1 aliphatic rings. The van der Waals surface area contributed by atoms with E-state index in [1.165, 1.54) is 48.8 Å². The number of thiophene rings is 1. The van der Waals surface area contributed by atoms with Gasteiger partial charge in [-0.2, -0.15) is 0 Å². The van der Waals surface area contributed by atoms with Crippen molar-refractivity contribution in [2.45, 2.75) is 37.5 Å². The lowest BCUT2D eigenvalue weighted by atomic mass is 9.95. The van der Waals surface area contributed by atoms with E-state index in [4.69, 9.17) is 16.3 Å². The van der Waals surface area contributed by atoms with E-state index in [1.54, 1.807) is 12.1 Å². The molecule has 10 heteroatoms. The number of benzene rings is 2. The molecule has 2 N–H and O–H groups in total. The lowest BCUT2D eigenvalue weighted by Crippen LogP contribution is -2.16. The smallest absolute Gasteiger partial charge is 0.341 e. The summed E-state index contributed by atoms with van der Waals surface area (Å²) in [6.07, 6.45) is 3.66. The summed E-state index contributed by atoms with van der Waals surface area (Å²) < 4.78 is 32.7. The predicted molar refractivity (Wildman–Crippen MR) is 134 cm³/mol. The molecule has 0 aliphatic heterocycles. The van der Waals surface area contributed by atoms with E-state index in [9.17, 15) is 18.0 Å².